The minimum Gasteiger partial charge on any atom is -0.348 e. The Bertz CT molecular complexity index is 325. The Labute approximate surface area is 116 Å². The lowest BCUT2D eigenvalue weighted by Crippen LogP contribution is -2.51. The fraction of sp³-hybridized carbons (Fsp3) is 0.857. The molecule has 0 aliphatic heterocycles. The summed E-state index contributed by atoms with van der Waals surface area (Å²) in [5.41, 5.74) is 4.93. The molecule has 1 unspecified atom stereocenters. The quantitative estimate of drug-likeness (QED) is 0.688. The Morgan fingerprint density at radius 3 is 2.11 bits per heavy atom. The number of likely N-dealkylation sites (N-methyl/N-ethyl adjacent to an activating group) is 1. The first-order valence-corrected chi connectivity index (χ1v) is 6.87. The maximum absolute atomic E-state index is 11.8. The smallest absolute Gasteiger partial charge is 0.234 e. The molecule has 0 aromatic carbocycles. The van der Waals surface area contributed by atoms with Crippen LogP contribution < -0.4 is 11.1 Å². The maximum atomic E-state index is 11.8. The van der Waals surface area contributed by atoms with Gasteiger partial charge in [-0.1, -0.05) is 13.8 Å². The SMILES string of the molecule is CCC(C)(N)C(=O)CNC(=O)CN(C)C(C)(C)CC. The van der Waals surface area contributed by atoms with E-state index in [4.69, 9.17) is 5.73 Å². The molecule has 0 spiro atoms. The summed E-state index contributed by atoms with van der Waals surface area (Å²) in [6.07, 6.45) is 1.51. The molecule has 0 rings (SSSR count). The summed E-state index contributed by atoms with van der Waals surface area (Å²) in [5.74, 6) is -0.287. The normalized spacial score (nSPS) is 15.2. The summed E-state index contributed by atoms with van der Waals surface area (Å²) in [6.45, 7) is 10.1. The number of carbonyl (C=O) groups excluding carboxylic acids is 2. The Balaban J connectivity index is 4.25. The molecule has 112 valence electrons. The van der Waals surface area contributed by atoms with Gasteiger partial charge in [-0.05, 0) is 40.7 Å². The fourth-order valence-electron chi connectivity index (χ4n) is 1.33. The van der Waals surface area contributed by atoms with Gasteiger partial charge >= 0.3 is 0 Å². The number of hydrogen-bond acceptors (Lipinski definition) is 4. The molecule has 1 amide bonds. The zero-order valence-corrected chi connectivity index (χ0v) is 13.2. The average Bonchev–Trinajstić information content (AvgIpc) is 2.35. The molecule has 0 bridgehead atoms. The van der Waals surface area contributed by atoms with Crippen molar-refractivity contribution in [2.24, 2.45) is 5.73 Å². The van der Waals surface area contributed by atoms with Gasteiger partial charge in [0.1, 0.15) is 0 Å². The molecule has 0 aromatic heterocycles. The highest BCUT2D eigenvalue weighted by Crippen LogP contribution is 2.15. The molecule has 0 aliphatic carbocycles. The third kappa shape index (κ3) is 5.70. The fourth-order valence-corrected chi connectivity index (χ4v) is 1.33. The van der Waals surface area contributed by atoms with Crippen LogP contribution in [0.4, 0.5) is 0 Å². The molecular weight excluding hydrogens is 242 g/mol. The van der Waals surface area contributed by atoms with Gasteiger partial charge in [-0.25, -0.2) is 0 Å². The summed E-state index contributed by atoms with van der Waals surface area (Å²) in [5, 5.41) is 2.64. The molecule has 0 fully saturated rings. The zero-order chi connectivity index (χ0) is 15.3. The molecule has 19 heavy (non-hydrogen) atoms. The van der Waals surface area contributed by atoms with Crippen LogP contribution in [0.2, 0.25) is 0 Å². The molecule has 0 heterocycles. The summed E-state index contributed by atoms with van der Waals surface area (Å²) in [7, 11) is 1.91. The Morgan fingerprint density at radius 2 is 1.68 bits per heavy atom. The number of nitrogens with two attached hydrogens (primary N) is 1. The Kier molecular flexibility index (Phi) is 6.66. The van der Waals surface area contributed by atoms with E-state index in [-0.39, 0.29) is 30.3 Å². The van der Waals surface area contributed by atoms with Gasteiger partial charge in [-0.2, -0.15) is 0 Å². The molecule has 0 saturated heterocycles. The van der Waals surface area contributed by atoms with Crippen molar-refractivity contribution in [3.63, 3.8) is 0 Å². The molecule has 0 aromatic rings. The van der Waals surface area contributed by atoms with E-state index in [1.807, 2.05) is 18.9 Å². The summed E-state index contributed by atoms with van der Waals surface area (Å²) in [6, 6.07) is 0. The lowest BCUT2D eigenvalue weighted by atomic mass is 9.95. The van der Waals surface area contributed by atoms with Gasteiger partial charge in [0.25, 0.3) is 0 Å². The number of rotatable bonds is 8. The van der Waals surface area contributed by atoms with Crippen molar-refractivity contribution in [1.82, 2.24) is 10.2 Å². The Morgan fingerprint density at radius 1 is 1.16 bits per heavy atom. The van der Waals surface area contributed by atoms with E-state index in [9.17, 15) is 9.59 Å². The Hall–Kier alpha value is -0.940. The van der Waals surface area contributed by atoms with Gasteiger partial charge in [0.2, 0.25) is 5.91 Å². The number of ketones is 1. The highest BCUT2D eigenvalue weighted by atomic mass is 16.2. The molecule has 3 N–H and O–H groups in total. The molecule has 1 atom stereocenters. The monoisotopic (exact) mass is 271 g/mol. The third-order valence-corrected chi connectivity index (χ3v) is 4.10. The molecule has 0 radical (unpaired) electrons. The van der Waals surface area contributed by atoms with Gasteiger partial charge in [-0.15, -0.1) is 0 Å². The standard InChI is InChI=1S/C14H29N3O2/c1-7-13(3,4)17(6)10-12(19)16-9-11(18)14(5,15)8-2/h7-10,15H2,1-6H3,(H,16,19). The predicted molar refractivity (Wildman–Crippen MR) is 77.9 cm³/mol. The van der Waals surface area contributed by atoms with Crippen molar-refractivity contribution in [3.8, 4) is 0 Å². The summed E-state index contributed by atoms with van der Waals surface area (Å²) >= 11 is 0. The van der Waals surface area contributed by atoms with Crippen molar-refractivity contribution < 1.29 is 9.59 Å². The van der Waals surface area contributed by atoms with Crippen LogP contribution in [0.1, 0.15) is 47.5 Å². The summed E-state index contributed by atoms with van der Waals surface area (Å²) in [4.78, 5) is 25.6. The van der Waals surface area contributed by atoms with Gasteiger partial charge in [-0.3, -0.25) is 14.5 Å². The van der Waals surface area contributed by atoms with Crippen molar-refractivity contribution in [1.29, 1.82) is 0 Å². The van der Waals surface area contributed by atoms with Gasteiger partial charge in [0.15, 0.2) is 5.78 Å². The minimum atomic E-state index is -0.859. The first kappa shape index (κ1) is 18.1. The number of carbonyl (C=O) groups is 2. The second kappa shape index (κ2) is 7.01. The number of hydrogen-bond donors (Lipinski definition) is 2. The van der Waals surface area contributed by atoms with E-state index >= 15 is 0 Å². The second-order valence-corrected chi connectivity index (χ2v) is 5.99. The van der Waals surface area contributed by atoms with Crippen molar-refractivity contribution in [2.75, 3.05) is 20.1 Å². The number of nitrogens with one attached hydrogen (secondary N) is 1. The van der Waals surface area contributed by atoms with E-state index in [1.165, 1.54) is 0 Å². The molecule has 5 nitrogen and oxygen atoms in total. The van der Waals surface area contributed by atoms with E-state index in [1.54, 1.807) is 6.92 Å². The van der Waals surface area contributed by atoms with Crippen LogP contribution in [-0.2, 0) is 9.59 Å². The van der Waals surface area contributed by atoms with Gasteiger partial charge in [0, 0.05) is 5.54 Å². The first-order valence-electron chi connectivity index (χ1n) is 6.87. The largest absolute Gasteiger partial charge is 0.348 e. The lowest BCUT2D eigenvalue weighted by Gasteiger charge is -2.34. The second-order valence-electron chi connectivity index (χ2n) is 5.99. The van der Waals surface area contributed by atoms with Crippen LogP contribution in [0.15, 0.2) is 0 Å². The van der Waals surface area contributed by atoms with Crippen LogP contribution in [0.25, 0.3) is 0 Å². The number of nitrogens with zero attached hydrogens (tertiary/aromatic N) is 1. The van der Waals surface area contributed by atoms with Crippen molar-refractivity contribution >= 4 is 11.7 Å². The highest BCUT2D eigenvalue weighted by molar-refractivity contribution is 5.92. The van der Waals surface area contributed by atoms with E-state index < -0.39 is 5.54 Å². The van der Waals surface area contributed by atoms with E-state index in [2.05, 4.69) is 26.1 Å². The number of amides is 1. The summed E-state index contributed by atoms with van der Waals surface area (Å²) < 4.78 is 0. The zero-order valence-electron chi connectivity index (χ0n) is 13.2. The van der Waals surface area contributed by atoms with Gasteiger partial charge < -0.3 is 11.1 Å². The van der Waals surface area contributed by atoms with Crippen molar-refractivity contribution in [3.05, 3.63) is 0 Å². The minimum absolute atomic E-state index is 0.0000664. The van der Waals surface area contributed by atoms with Crippen LogP contribution in [0, 0.1) is 0 Å². The third-order valence-electron chi connectivity index (χ3n) is 4.10. The van der Waals surface area contributed by atoms with E-state index in [0.29, 0.717) is 6.42 Å². The van der Waals surface area contributed by atoms with Crippen LogP contribution in [0.5, 0.6) is 0 Å². The average molecular weight is 271 g/mol. The first-order chi connectivity index (χ1) is 8.56. The lowest BCUT2D eigenvalue weighted by molar-refractivity contribution is -0.128. The highest BCUT2D eigenvalue weighted by Gasteiger charge is 2.27. The molecular formula is C14H29N3O2. The van der Waals surface area contributed by atoms with Crippen LogP contribution in [0.3, 0.4) is 0 Å². The predicted octanol–water partition coefficient (Wildman–Crippen LogP) is 0.920. The van der Waals surface area contributed by atoms with Crippen LogP contribution >= 0.6 is 0 Å². The maximum Gasteiger partial charge on any atom is 0.234 e. The topological polar surface area (TPSA) is 75.4 Å². The molecule has 0 aliphatic rings. The van der Waals surface area contributed by atoms with Crippen LogP contribution in [-0.4, -0.2) is 47.8 Å². The van der Waals surface area contributed by atoms with E-state index in [0.717, 1.165) is 6.42 Å². The number of Topliss-reactive ketones (excluding diaryl/α,β-unsaturated/α-hetero) is 1. The molecule has 0 saturated carbocycles. The van der Waals surface area contributed by atoms with Crippen molar-refractivity contribution in [2.45, 2.75) is 58.5 Å². The molecule has 5 heteroatoms. The van der Waals surface area contributed by atoms with Gasteiger partial charge in [0.05, 0.1) is 18.6 Å².